The second kappa shape index (κ2) is 9.50. The number of fused-ring (bicyclic) bond motifs is 2. The van der Waals surface area contributed by atoms with Crippen molar-refractivity contribution in [2.45, 2.75) is 21.1 Å². The molecule has 2 aromatic rings. The summed E-state index contributed by atoms with van der Waals surface area (Å²) in [6.07, 6.45) is 1.06. The Hall–Kier alpha value is -1.25. The number of piperazine rings is 1. The largest absolute Gasteiger partial charge is 0.395 e. The Labute approximate surface area is 175 Å². The molecule has 1 N–H and O–H groups in total. The molecule has 0 unspecified atom stereocenters. The molecule has 4 nitrogen and oxygen atoms in total. The lowest BCUT2D eigenvalue weighted by molar-refractivity contribution is 0.112. The highest BCUT2D eigenvalue weighted by Crippen LogP contribution is 2.49. The summed E-state index contributed by atoms with van der Waals surface area (Å²) in [5, 5.41) is 9.08. The molecule has 0 saturated carbocycles. The van der Waals surface area contributed by atoms with Crippen LogP contribution in [0.2, 0.25) is 0 Å². The van der Waals surface area contributed by atoms with Crippen LogP contribution in [0.5, 0.6) is 0 Å². The maximum Gasteiger partial charge on any atom is 0.0812 e. The lowest BCUT2D eigenvalue weighted by Gasteiger charge is -2.36. The fraction of sp³-hybridized carbons (Fsp3) is 0.429. The Balaban J connectivity index is 1.43. The third kappa shape index (κ3) is 4.49. The van der Waals surface area contributed by atoms with E-state index >= 15 is 0 Å². The van der Waals surface area contributed by atoms with Gasteiger partial charge in [-0.2, -0.15) is 3.89 Å². The number of benzene rings is 2. The molecule has 4 rings (SSSR count). The normalized spacial score (nSPS) is 17.4. The lowest BCUT2D eigenvalue weighted by Crippen LogP contribution is -2.47. The standard InChI is InChI=1S/C21H26FN3OS2/c22-28-17-6-7-21-19(16-17)25(18-4-1-2-5-20(18)27-21)9-3-8-23-10-12-24(13-11-23)14-15-26/h1-2,4-7,16,26H,3,8-15H2. The molecule has 1 fully saturated rings. The van der Waals surface area contributed by atoms with Gasteiger partial charge in [-0.25, -0.2) is 0 Å². The van der Waals surface area contributed by atoms with Crippen molar-refractivity contribution in [3.05, 3.63) is 42.5 Å². The van der Waals surface area contributed by atoms with Crippen molar-refractivity contribution >= 4 is 35.3 Å². The monoisotopic (exact) mass is 419 g/mol. The average Bonchev–Trinajstić information content (AvgIpc) is 2.74. The van der Waals surface area contributed by atoms with Gasteiger partial charge in [0.15, 0.2) is 0 Å². The van der Waals surface area contributed by atoms with Crippen molar-refractivity contribution in [1.82, 2.24) is 9.80 Å². The third-order valence-electron chi connectivity index (χ3n) is 5.42. The Morgan fingerprint density at radius 2 is 1.61 bits per heavy atom. The van der Waals surface area contributed by atoms with Crippen LogP contribution in [0.25, 0.3) is 0 Å². The first-order chi connectivity index (χ1) is 13.8. The van der Waals surface area contributed by atoms with Crippen LogP contribution in [-0.2, 0) is 0 Å². The zero-order valence-corrected chi connectivity index (χ0v) is 17.5. The number of aliphatic hydroxyl groups is 1. The SMILES string of the molecule is OCCN1CCN(CCCN2c3ccccc3Sc3ccc(SF)cc32)CC1. The van der Waals surface area contributed by atoms with Crippen LogP contribution in [0.4, 0.5) is 15.3 Å². The summed E-state index contributed by atoms with van der Waals surface area (Å²) >= 11 is 2.07. The van der Waals surface area contributed by atoms with Crippen molar-refractivity contribution < 1.29 is 8.99 Å². The molecule has 0 aliphatic carbocycles. The minimum Gasteiger partial charge on any atom is -0.395 e. The first-order valence-corrected chi connectivity index (χ1v) is 11.3. The summed E-state index contributed by atoms with van der Waals surface area (Å²) in [7, 11) is 0. The van der Waals surface area contributed by atoms with E-state index in [1.165, 1.54) is 15.5 Å². The van der Waals surface area contributed by atoms with Gasteiger partial charge in [0.25, 0.3) is 0 Å². The third-order valence-corrected chi connectivity index (χ3v) is 6.99. The van der Waals surface area contributed by atoms with E-state index in [2.05, 4.69) is 39.0 Å². The first kappa shape index (κ1) is 20.0. The van der Waals surface area contributed by atoms with Crippen LogP contribution in [0.3, 0.4) is 0 Å². The molecular weight excluding hydrogens is 393 g/mol. The second-order valence-corrected chi connectivity index (χ2v) is 8.90. The van der Waals surface area contributed by atoms with Gasteiger partial charge in [-0.05, 0) is 43.3 Å². The molecule has 2 aromatic carbocycles. The van der Waals surface area contributed by atoms with Crippen molar-refractivity contribution in [2.75, 3.05) is 57.3 Å². The average molecular weight is 420 g/mol. The van der Waals surface area contributed by atoms with E-state index in [1.54, 1.807) is 11.8 Å². The van der Waals surface area contributed by atoms with Gasteiger partial charge in [-0.3, -0.25) is 4.90 Å². The van der Waals surface area contributed by atoms with Crippen molar-refractivity contribution in [2.24, 2.45) is 0 Å². The van der Waals surface area contributed by atoms with E-state index in [-0.39, 0.29) is 6.61 Å². The Bertz CT molecular complexity index is 799. The van der Waals surface area contributed by atoms with Crippen LogP contribution in [-0.4, -0.2) is 67.3 Å². The maximum atomic E-state index is 13.2. The van der Waals surface area contributed by atoms with Crippen LogP contribution >= 0.6 is 23.9 Å². The summed E-state index contributed by atoms with van der Waals surface area (Å²) in [6, 6.07) is 14.3. The number of hydrogen-bond acceptors (Lipinski definition) is 6. The van der Waals surface area contributed by atoms with Gasteiger partial charge in [0, 0.05) is 54.0 Å². The minimum atomic E-state index is 0.241. The molecular formula is C21H26FN3OS2. The molecule has 2 aliphatic rings. The van der Waals surface area contributed by atoms with E-state index in [0.717, 1.165) is 57.9 Å². The van der Waals surface area contributed by atoms with Crippen molar-refractivity contribution in [1.29, 1.82) is 0 Å². The highest BCUT2D eigenvalue weighted by atomic mass is 32.2. The van der Waals surface area contributed by atoms with Crippen LogP contribution in [0.15, 0.2) is 57.2 Å². The summed E-state index contributed by atoms with van der Waals surface area (Å²) < 4.78 is 13.2. The molecule has 2 heterocycles. The van der Waals surface area contributed by atoms with Crippen LogP contribution in [0.1, 0.15) is 6.42 Å². The van der Waals surface area contributed by atoms with E-state index in [0.29, 0.717) is 17.0 Å². The molecule has 2 aliphatic heterocycles. The van der Waals surface area contributed by atoms with Gasteiger partial charge in [-0.1, -0.05) is 23.9 Å². The summed E-state index contributed by atoms with van der Waals surface area (Å²) in [4.78, 5) is 10.3. The van der Waals surface area contributed by atoms with E-state index in [4.69, 9.17) is 5.11 Å². The van der Waals surface area contributed by atoms with Crippen LogP contribution < -0.4 is 4.90 Å². The number of aliphatic hydroxyl groups excluding tert-OH is 1. The summed E-state index contributed by atoms with van der Waals surface area (Å²) in [6.45, 7) is 7.19. The quantitative estimate of drug-likeness (QED) is 0.721. The summed E-state index contributed by atoms with van der Waals surface area (Å²) in [5.74, 6) is 0. The van der Waals surface area contributed by atoms with E-state index in [9.17, 15) is 3.89 Å². The number of rotatable bonds is 7. The van der Waals surface area contributed by atoms with Crippen molar-refractivity contribution in [3.63, 3.8) is 0 Å². The first-order valence-electron chi connectivity index (χ1n) is 9.81. The number of hydrogen-bond donors (Lipinski definition) is 1. The zero-order valence-electron chi connectivity index (χ0n) is 15.9. The van der Waals surface area contributed by atoms with Crippen LogP contribution in [0, 0.1) is 0 Å². The number of nitrogens with zero attached hydrogens (tertiary/aromatic N) is 3. The van der Waals surface area contributed by atoms with Gasteiger partial charge in [-0.15, -0.1) is 0 Å². The summed E-state index contributed by atoms with van der Waals surface area (Å²) in [5.41, 5.74) is 2.33. The molecule has 0 aromatic heterocycles. The fourth-order valence-corrected chi connectivity index (χ4v) is 5.28. The Kier molecular flexibility index (Phi) is 6.80. The number of para-hydroxylation sites is 1. The fourth-order valence-electron chi connectivity index (χ4n) is 3.93. The molecule has 7 heteroatoms. The second-order valence-electron chi connectivity index (χ2n) is 7.19. The molecule has 0 bridgehead atoms. The smallest absolute Gasteiger partial charge is 0.0812 e. The van der Waals surface area contributed by atoms with Gasteiger partial charge >= 0.3 is 0 Å². The van der Waals surface area contributed by atoms with Gasteiger partial charge in [0.1, 0.15) is 0 Å². The molecule has 0 atom stereocenters. The molecule has 28 heavy (non-hydrogen) atoms. The zero-order chi connectivity index (χ0) is 19.3. The number of β-amino-alcohol motifs (C(OH)–C–C–N with tert-alkyl or cyclic N) is 1. The lowest BCUT2D eigenvalue weighted by atomic mass is 10.2. The molecule has 150 valence electrons. The molecule has 0 spiro atoms. The molecule has 1 saturated heterocycles. The topological polar surface area (TPSA) is 30.0 Å². The van der Waals surface area contributed by atoms with E-state index in [1.807, 2.05) is 18.2 Å². The number of anilines is 2. The predicted molar refractivity (Wildman–Crippen MR) is 116 cm³/mol. The molecule has 0 amide bonds. The Morgan fingerprint density at radius 1 is 0.893 bits per heavy atom. The highest BCUT2D eigenvalue weighted by molar-refractivity contribution is 7.99. The van der Waals surface area contributed by atoms with Gasteiger partial charge in [0.2, 0.25) is 0 Å². The van der Waals surface area contributed by atoms with E-state index < -0.39 is 0 Å². The maximum absolute atomic E-state index is 13.2. The van der Waals surface area contributed by atoms with Gasteiger partial charge in [0.05, 0.1) is 30.1 Å². The minimum absolute atomic E-state index is 0.241. The van der Waals surface area contributed by atoms with Crippen molar-refractivity contribution in [3.8, 4) is 0 Å². The predicted octanol–water partition coefficient (Wildman–Crippen LogP) is 4.27. The highest BCUT2D eigenvalue weighted by Gasteiger charge is 2.24. The Morgan fingerprint density at radius 3 is 2.36 bits per heavy atom. The van der Waals surface area contributed by atoms with Gasteiger partial charge < -0.3 is 14.9 Å². The number of halogens is 1. The molecule has 0 radical (unpaired) electrons.